The lowest BCUT2D eigenvalue weighted by molar-refractivity contribution is 0.377. The standard InChI is InChI=1S/C90H124N6O6/c1-5-9-13-17-21-25-29-33-37-41-64-61-45-47-79-68(49-61)65(42-38-34-30-26-22-18-14-10-6-2)63-51-72-67(44-40-36-32-28-24-20-16-12-8-4)71-53-70-66(43-39-35-31-27-23-19-15-11-7-3)69-50-62(64)46-48-80(69)98-83-54-73(91)75(93)56-85(83)99-81(70)60-82(71)100-87-58-77(95)78(96)59-88(87)102-90(72)89(52-63)101-86-57-76(94)74(92)55-84(86)97-79/h45-60,64-67H,5-44,91-96H2,1-4H3. The molecule has 0 radical (unpaired) electrons. The second-order valence-electron chi connectivity index (χ2n) is 30.5. The molecule has 12 nitrogen and oxygen atoms in total. The highest BCUT2D eigenvalue weighted by molar-refractivity contribution is 5.75. The fourth-order valence-electron chi connectivity index (χ4n) is 16.5. The molecule has 12 N–H and O–H groups in total. The first-order chi connectivity index (χ1) is 49.9. The average Bonchev–Trinajstić information content (AvgIpc) is 1.30. The van der Waals surface area contributed by atoms with Crippen LogP contribution in [-0.2, 0) is 0 Å². The van der Waals surface area contributed by atoms with Crippen molar-refractivity contribution >= 4 is 34.1 Å². The summed E-state index contributed by atoms with van der Waals surface area (Å²) >= 11 is 0. The molecular weight excluding hydrogens is 1260 g/mol. The van der Waals surface area contributed by atoms with Gasteiger partial charge in [0.15, 0.2) is 46.0 Å². The topological polar surface area (TPSA) is 212 Å². The van der Waals surface area contributed by atoms with Gasteiger partial charge in [-0.1, -0.05) is 289 Å². The minimum Gasteiger partial charge on any atom is -0.453 e. The van der Waals surface area contributed by atoms with Gasteiger partial charge in [0.05, 0.1) is 34.1 Å². The maximum absolute atomic E-state index is 7.57. The molecule has 0 saturated heterocycles. The fraction of sp³-hybridized carbons (Fsp3) is 0.533. The Morgan fingerprint density at radius 3 is 0.833 bits per heavy atom. The van der Waals surface area contributed by atoms with Gasteiger partial charge >= 0.3 is 0 Å². The van der Waals surface area contributed by atoms with Crippen LogP contribution in [0.1, 0.15) is 353 Å². The van der Waals surface area contributed by atoms with Crippen molar-refractivity contribution in [1.29, 1.82) is 0 Å². The molecule has 550 valence electrons. The average molecular weight is 1390 g/mol. The van der Waals surface area contributed by atoms with Gasteiger partial charge in [-0.05, 0) is 66.6 Å². The van der Waals surface area contributed by atoms with E-state index in [1.54, 1.807) is 18.2 Å². The lowest BCUT2D eigenvalue weighted by atomic mass is 9.76. The molecule has 11 rings (SSSR count). The van der Waals surface area contributed by atoms with Crippen LogP contribution in [0.2, 0.25) is 0 Å². The highest BCUT2D eigenvalue weighted by atomic mass is 16.6. The van der Waals surface area contributed by atoms with Gasteiger partial charge < -0.3 is 62.8 Å². The Hall–Kier alpha value is -7.86. The minimum atomic E-state index is -0.301. The van der Waals surface area contributed by atoms with Crippen molar-refractivity contribution in [3.8, 4) is 69.0 Å². The molecule has 3 heterocycles. The quantitative estimate of drug-likeness (QED) is 0.0156. The SMILES string of the molecule is CCCCCCCCCCCC1c2ccc3c(c2)C(CCCCCCCCCCC)c2cc(c4c(c2)C(CCCCCCCCCCC)c2cc5c(cc2Oc2cc(N)c(N)cc2O4)Oc2cc(N)c(N)cc2Oc2ccc1cc2C5CCCCCCCCCCC)Oc1cc(N)c(N)cc1O3. The zero-order valence-electron chi connectivity index (χ0n) is 62.7. The maximum Gasteiger partial charge on any atom is 0.173 e. The first-order valence-electron chi connectivity index (χ1n) is 40.7. The highest BCUT2D eigenvalue weighted by Crippen LogP contribution is 2.59. The summed E-state index contributed by atoms with van der Waals surface area (Å²) in [5, 5.41) is 0. The summed E-state index contributed by atoms with van der Waals surface area (Å²) in [5.41, 5.74) is 52.2. The molecule has 0 amide bonds. The fourth-order valence-corrected chi connectivity index (χ4v) is 16.5. The maximum atomic E-state index is 7.57. The molecule has 1 aliphatic carbocycles. The van der Waals surface area contributed by atoms with E-state index in [1.807, 2.05) is 18.2 Å². The van der Waals surface area contributed by atoms with E-state index in [-0.39, 0.29) is 23.7 Å². The zero-order valence-corrected chi connectivity index (χ0v) is 62.7. The third-order valence-electron chi connectivity index (χ3n) is 22.5. The van der Waals surface area contributed by atoms with Crippen molar-refractivity contribution in [2.45, 2.75) is 308 Å². The number of nitrogens with two attached hydrogens (primary N) is 6. The highest BCUT2D eigenvalue weighted by Gasteiger charge is 2.37. The van der Waals surface area contributed by atoms with Crippen LogP contribution in [0.5, 0.6) is 69.0 Å². The van der Waals surface area contributed by atoms with Crippen LogP contribution in [0.4, 0.5) is 34.1 Å². The monoisotopic (exact) mass is 1380 g/mol. The Bertz CT molecular complexity index is 3840. The van der Waals surface area contributed by atoms with Crippen molar-refractivity contribution in [2.24, 2.45) is 0 Å². The number of rotatable bonds is 40. The van der Waals surface area contributed by atoms with Crippen LogP contribution in [0, 0.1) is 0 Å². The molecule has 4 aliphatic rings. The van der Waals surface area contributed by atoms with E-state index < -0.39 is 0 Å². The molecule has 4 atom stereocenters. The molecule has 7 aromatic carbocycles. The number of unbranched alkanes of at least 4 members (excludes halogenated alkanes) is 32. The summed E-state index contributed by atoms with van der Waals surface area (Å²) in [5.74, 6) is 5.91. The number of benzene rings is 7. The van der Waals surface area contributed by atoms with Gasteiger partial charge in [-0.2, -0.15) is 0 Å². The Balaban J connectivity index is 1.18. The van der Waals surface area contributed by atoms with Gasteiger partial charge in [-0.25, -0.2) is 0 Å². The number of hydrogen-bond acceptors (Lipinski definition) is 12. The Morgan fingerprint density at radius 2 is 0.471 bits per heavy atom. The van der Waals surface area contributed by atoms with Gasteiger partial charge in [-0.3, -0.25) is 0 Å². The molecule has 9 bridgehead atoms. The number of anilines is 6. The van der Waals surface area contributed by atoms with E-state index in [1.165, 1.54) is 191 Å². The van der Waals surface area contributed by atoms with Gasteiger partial charge in [0.25, 0.3) is 0 Å². The minimum absolute atomic E-state index is 0.0220. The van der Waals surface area contributed by atoms with Crippen molar-refractivity contribution < 1.29 is 28.4 Å². The smallest absolute Gasteiger partial charge is 0.173 e. The largest absolute Gasteiger partial charge is 0.453 e. The molecule has 0 spiro atoms. The van der Waals surface area contributed by atoms with Crippen LogP contribution < -0.4 is 62.8 Å². The lowest BCUT2D eigenvalue weighted by Gasteiger charge is -2.31. The van der Waals surface area contributed by atoms with Crippen LogP contribution in [0.25, 0.3) is 0 Å². The predicted molar refractivity (Wildman–Crippen MR) is 427 cm³/mol. The number of ether oxygens (including phenoxy) is 6. The summed E-state index contributed by atoms with van der Waals surface area (Å²) in [6, 6.07) is 34.3. The Labute approximate surface area is 612 Å². The molecule has 7 aromatic rings. The Kier molecular flexibility index (Phi) is 28.1. The van der Waals surface area contributed by atoms with E-state index in [9.17, 15) is 0 Å². The van der Waals surface area contributed by atoms with Crippen molar-refractivity contribution in [2.75, 3.05) is 34.4 Å². The molecule has 102 heavy (non-hydrogen) atoms. The summed E-state index contributed by atoms with van der Waals surface area (Å²) in [7, 11) is 0. The predicted octanol–water partition coefficient (Wildman–Crippen LogP) is 27.4. The van der Waals surface area contributed by atoms with Crippen LogP contribution in [0.15, 0.2) is 97.1 Å². The van der Waals surface area contributed by atoms with Crippen molar-refractivity contribution in [1.82, 2.24) is 0 Å². The van der Waals surface area contributed by atoms with E-state index in [4.69, 9.17) is 62.8 Å². The van der Waals surface area contributed by atoms with Gasteiger partial charge in [0, 0.05) is 94.0 Å². The van der Waals surface area contributed by atoms with Gasteiger partial charge in [0.1, 0.15) is 23.0 Å². The van der Waals surface area contributed by atoms with Crippen molar-refractivity contribution in [3.63, 3.8) is 0 Å². The third kappa shape index (κ3) is 19.5. The molecule has 4 unspecified atom stereocenters. The van der Waals surface area contributed by atoms with E-state index in [0.717, 1.165) is 122 Å². The molecule has 3 aliphatic heterocycles. The van der Waals surface area contributed by atoms with E-state index >= 15 is 0 Å². The number of nitrogen functional groups attached to an aromatic ring is 6. The van der Waals surface area contributed by atoms with Crippen LogP contribution in [-0.4, -0.2) is 0 Å². The summed E-state index contributed by atoms with van der Waals surface area (Å²) in [6.07, 6.45) is 47.4. The third-order valence-corrected chi connectivity index (χ3v) is 22.5. The summed E-state index contributed by atoms with van der Waals surface area (Å²) < 4.78 is 44.7. The second-order valence-corrected chi connectivity index (χ2v) is 30.5. The molecule has 0 aromatic heterocycles. The molecule has 0 fully saturated rings. The second kappa shape index (κ2) is 38.1. The number of hydrogen-bond donors (Lipinski definition) is 6. The zero-order chi connectivity index (χ0) is 71.2. The van der Waals surface area contributed by atoms with Gasteiger partial charge in [-0.15, -0.1) is 0 Å². The molecule has 12 heteroatoms. The van der Waals surface area contributed by atoms with E-state index in [2.05, 4.69) is 88.4 Å². The molecule has 0 saturated carbocycles. The lowest BCUT2D eigenvalue weighted by Crippen LogP contribution is -2.13. The summed E-state index contributed by atoms with van der Waals surface area (Å²) in [4.78, 5) is 0. The number of fused-ring (bicyclic) bond motifs is 7. The summed E-state index contributed by atoms with van der Waals surface area (Å²) in [6.45, 7) is 9.18. The molecular formula is C90H124N6O6. The van der Waals surface area contributed by atoms with E-state index in [0.29, 0.717) is 91.6 Å². The van der Waals surface area contributed by atoms with Crippen LogP contribution >= 0.6 is 0 Å². The van der Waals surface area contributed by atoms with Gasteiger partial charge in [0.2, 0.25) is 0 Å². The van der Waals surface area contributed by atoms with Crippen LogP contribution in [0.3, 0.4) is 0 Å². The first kappa shape index (κ1) is 75.3. The normalized spacial score (nSPS) is 16.0. The van der Waals surface area contributed by atoms with Crippen molar-refractivity contribution in [3.05, 3.63) is 142 Å². The Morgan fingerprint density at radius 1 is 0.206 bits per heavy atom. The first-order valence-corrected chi connectivity index (χ1v) is 40.7.